The molecule has 0 heterocycles. The summed E-state index contributed by atoms with van der Waals surface area (Å²) in [4.78, 5) is 0. The molecule has 0 atom stereocenters. The second-order valence-corrected chi connectivity index (χ2v) is 5.33. The number of anilines is 1. The van der Waals surface area contributed by atoms with E-state index in [1.807, 2.05) is 25.1 Å². The van der Waals surface area contributed by atoms with Gasteiger partial charge in [0, 0.05) is 21.7 Å². The molecule has 0 saturated carbocycles. The van der Waals surface area contributed by atoms with Crippen molar-refractivity contribution in [2.24, 2.45) is 0 Å². The number of halogens is 3. The molecule has 0 saturated heterocycles. The topological polar surface area (TPSA) is 12.0 Å². The molecule has 2 aromatic carbocycles. The van der Waals surface area contributed by atoms with Crippen LogP contribution >= 0.6 is 27.5 Å². The second-order valence-electron chi connectivity index (χ2n) is 4.07. The van der Waals surface area contributed by atoms with E-state index < -0.39 is 0 Å². The first kappa shape index (κ1) is 13.4. The van der Waals surface area contributed by atoms with Gasteiger partial charge in [0.25, 0.3) is 0 Å². The van der Waals surface area contributed by atoms with Crippen LogP contribution in [-0.4, -0.2) is 0 Å². The molecule has 0 bridgehead atoms. The summed E-state index contributed by atoms with van der Waals surface area (Å²) in [6.07, 6.45) is 0. The third-order valence-corrected chi connectivity index (χ3v) is 3.65. The first-order chi connectivity index (χ1) is 8.56. The number of hydrogen-bond acceptors (Lipinski definition) is 1. The van der Waals surface area contributed by atoms with Crippen LogP contribution in [0.1, 0.15) is 11.1 Å². The molecule has 0 aromatic heterocycles. The van der Waals surface area contributed by atoms with E-state index in [1.165, 1.54) is 17.7 Å². The minimum Gasteiger partial charge on any atom is -0.380 e. The maximum Gasteiger partial charge on any atom is 0.124 e. The van der Waals surface area contributed by atoms with Crippen LogP contribution in [0.2, 0.25) is 5.02 Å². The number of hydrogen-bond donors (Lipinski definition) is 1. The van der Waals surface area contributed by atoms with Gasteiger partial charge >= 0.3 is 0 Å². The van der Waals surface area contributed by atoms with Crippen LogP contribution in [0.5, 0.6) is 0 Å². The highest BCUT2D eigenvalue weighted by atomic mass is 79.9. The summed E-state index contributed by atoms with van der Waals surface area (Å²) in [5.74, 6) is -0.319. The Bertz CT molecular complexity index is 572. The monoisotopic (exact) mass is 327 g/mol. The molecule has 0 radical (unpaired) electrons. The molecule has 94 valence electrons. The van der Waals surface area contributed by atoms with Crippen molar-refractivity contribution < 1.29 is 4.39 Å². The number of rotatable bonds is 3. The van der Waals surface area contributed by atoms with Crippen molar-refractivity contribution in [3.05, 3.63) is 62.8 Å². The molecule has 2 aromatic rings. The highest BCUT2D eigenvalue weighted by Crippen LogP contribution is 2.25. The average molecular weight is 329 g/mol. The van der Waals surface area contributed by atoms with E-state index in [4.69, 9.17) is 11.6 Å². The predicted molar refractivity (Wildman–Crippen MR) is 77.6 cm³/mol. The lowest BCUT2D eigenvalue weighted by atomic mass is 10.2. The second kappa shape index (κ2) is 5.72. The van der Waals surface area contributed by atoms with Gasteiger partial charge < -0.3 is 5.32 Å². The predicted octanol–water partition coefficient (Wildman–Crippen LogP) is 5.16. The molecular formula is C14H12BrClFN. The molecule has 0 spiro atoms. The number of aryl methyl sites for hydroxylation is 1. The van der Waals surface area contributed by atoms with Gasteiger partial charge in [-0.05, 0) is 58.2 Å². The van der Waals surface area contributed by atoms with Gasteiger partial charge in [-0.1, -0.05) is 23.7 Å². The standard InChI is InChI=1S/C14H12BrClFN/c1-9-2-5-12(15)14(6-9)18-8-10-3-4-11(17)7-13(10)16/h2-7,18H,8H2,1H3. The van der Waals surface area contributed by atoms with Gasteiger partial charge in [0.2, 0.25) is 0 Å². The Labute approximate surface area is 119 Å². The third-order valence-electron chi connectivity index (χ3n) is 2.61. The van der Waals surface area contributed by atoms with Crippen molar-refractivity contribution in [3.8, 4) is 0 Å². The van der Waals surface area contributed by atoms with Crippen LogP contribution in [0.25, 0.3) is 0 Å². The largest absolute Gasteiger partial charge is 0.380 e. The Morgan fingerprint density at radius 3 is 2.72 bits per heavy atom. The fourth-order valence-corrected chi connectivity index (χ4v) is 2.25. The van der Waals surface area contributed by atoms with Gasteiger partial charge in [-0.15, -0.1) is 0 Å². The maximum atomic E-state index is 12.9. The quantitative estimate of drug-likeness (QED) is 0.820. The van der Waals surface area contributed by atoms with Crippen LogP contribution in [0.3, 0.4) is 0 Å². The number of benzene rings is 2. The van der Waals surface area contributed by atoms with Gasteiger partial charge in [-0.3, -0.25) is 0 Å². The molecule has 0 fully saturated rings. The van der Waals surface area contributed by atoms with Crippen molar-refractivity contribution in [1.29, 1.82) is 0 Å². The fraction of sp³-hybridized carbons (Fsp3) is 0.143. The molecule has 0 amide bonds. The van der Waals surface area contributed by atoms with Gasteiger partial charge in [-0.25, -0.2) is 4.39 Å². The minimum absolute atomic E-state index is 0.319. The Hall–Kier alpha value is -1.06. The lowest BCUT2D eigenvalue weighted by molar-refractivity contribution is 0.627. The zero-order chi connectivity index (χ0) is 13.1. The van der Waals surface area contributed by atoms with E-state index in [2.05, 4.69) is 21.2 Å². The Morgan fingerprint density at radius 1 is 1.22 bits per heavy atom. The van der Waals surface area contributed by atoms with Crippen LogP contribution in [0.15, 0.2) is 40.9 Å². The molecule has 1 N–H and O–H groups in total. The summed E-state index contributed by atoms with van der Waals surface area (Å²) < 4.78 is 13.9. The van der Waals surface area contributed by atoms with E-state index in [0.29, 0.717) is 11.6 Å². The van der Waals surface area contributed by atoms with E-state index in [9.17, 15) is 4.39 Å². The molecule has 0 aliphatic heterocycles. The Kier molecular flexibility index (Phi) is 4.25. The van der Waals surface area contributed by atoms with Gasteiger partial charge in [0.1, 0.15) is 5.82 Å². The van der Waals surface area contributed by atoms with Crippen LogP contribution in [0.4, 0.5) is 10.1 Å². The fourth-order valence-electron chi connectivity index (χ4n) is 1.63. The zero-order valence-electron chi connectivity index (χ0n) is 9.81. The Morgan fingerprint density at radius 2 is 2.00 bits per heavy atom. The molecule has 0 unspecified atom stereocenters. The van der Waals surface area contributed by atoms with Gasteiger partial charge in [-0.2, -0.15) is 0 Å². The van der Waals surface area contributed by atoms with Crippen LogP contribution in [0, 0.1) is 12.7 Å². The average Bonchev–Trinajstić information content (AvgIpc) is 2.32. The maximum absolute atomic E-state index is 12.9. The van der Waals surface area contributed by atoms with Crippen molar-refractivity contribution in [3.63, 3.8) is 0 Å². The molecule has 2 rings (SSSR count). The van der Waals surface area contributed by atoms with Crippen molar-refractivity contribution in [2.45, 2.75) is 13.5 Å². The molecule has 0 aliphatic rings. The SMILES string of the molecule is Cc1ccc(Br)c(NCc2ccc(F)cc2Cl)c1. The van der Waals surface area contributed by atoms with E-state index in [-0.39, 0.29) is 5.82 Å². The lowest BCUT2D eigenvalue weighted by Gasteiger charge is -2.10. The first-order valence-corrected chi connectivity index (χ1v) is 6.67. The molecule has 0 aliphatic carbocycles. The highest BCUT2D eigenvalue weighted by molar-refractivity contribution is 9.10. The summed E-state index contributed by atoms with van der Waals surface area (Å²) in [5.41, 5.74) is 3.03. The third kappa shape index (κ3) is 3.24. The minimum atomic E-state index is -0.319. The van der Waals surface area contributed by atoms with Crippen molar-refractivity contribution >= 4 is 33.2 Å². The van der Waals surface area contributed by atoms with Gasteiger partial charge in [0.05, 0.1) is 0 Å². The van der Waals surface area contributed by atoms with Gasteiger partial charge in [0.15, 0.2) is 0 Å². The summed E-state index contributed by atoms with van der Waals surface area (Å²) >= 11 is 9.45. The summed E-state index contributed by atoms with van der Waals surface area (Å²) in [7, 11) is 0. The smallest absolute Gasteiger partial charge is 0.124 e. The first-order valence-electron chi connectivity index (χ1n) is 5.50. The molecule has 18 heavy (non-hydrogen) atoms. The van der Waals surface area contributed by atoms with Crippen molar-refractivity contribution in [2.75, 3.05) is 5.32 Å². The van der Waals surface area contributed by atoms with Crippen molar-refractivity contribution in [1.82, 2.24) is 0 Å². The zero-order valence-corrected chi connectivity index (χ0v) is 12.1. The molecular weight excluding hydrogens is 317 g/mol. The summed E-state index contributed by atoms with van der Waals surface area (Å²) in [5, 5.41) is 3.71. The van der Waals surface area contributed by atoms with E-state index >= 15 is 0 Å². The van der Waals surface area contributed by atoms with Crippen LogP contribution in [-0.2, 0) is 6.54 Å². The number of nitrogens with one attached hydrogen (secondary N) is 1. The highest BCUT2D eigenvalue weighted by Gasteiger charge is 2.04. The van der Waals surface area contributed by atoms with E-state index in [0.717, 1.165) is 15.7 Å². The Balaban J connectivity index is 2.13. The van der Waals surface area contributed by atoms with Crippen LogP contribution < -0.4 is 5.32 Å². The van der Waals surface area contributed by atoms with E-state index in [1.54, 1.807) is 6.07 Å². The lowest BCUT2D eigenvalue weighted by Crippen LogP contribution is -2.01. The summed E-state index contributed by atoms with van der Waals surface area (Å²) in [6, 6.07) is 10.5. The summed E-state index contributed by atoms with van der Waals surface area (Å²) in [6.45, 7) is 2.59. The molecule has 4 heteroatoms. The normalized spacial score (nSPS) is 10.4. The molecule has 1 nitrogen and oxygen atoms in total.